The van der Waals surface area contributed by atoms with E-state index in [-0.39, 0.29) is 18.2 Å². The lowest BCUT2D eigenvalue weighted by Gasteiger charge is -2.27. The average Bonchev–Trinajstić information content (AvgIpc) is 2.36. The Balaban J connectivity index is 2.74. The highest BCUT2D eigenvalue weighted by molar-refractivity contribution is 5.15. The van der Waals surface area contributed by atoms with Crippen LogP contribution in [0.2, 0.25) is 0 Å². The molecule has 0 bridgehead atoms. The normalized spacial score (nSPS) is 16.5. The van der Waals surface area contributed by atoms with Crippen molar-refractivity contribution in [2.45, 2.75) is 58.3 Å². The van der Waals surface area contributed by atoms with Gasteiger partial charge >= 0.3 is 0 Å². The van der Waals surface area contributed by atoms with Crippen molar-refractivity contribution in [1.29, 1.82) is 0 Å². The van der Waals surface area contributed by atoms with Crippen molar-refractivity contribution in [1.82, 2.24) is 4.98 Å². The van der Waals surface area contributed by atoms with Crippen molar-refractivity contribution in [3.05, 3.63) is 30.1 Å². The van der Waals surface area contributed by atoms with Crippen LogP contribution >= 0.6 is 0 Å². The van der Waals surface area contributed by atoms with E-state index >= 15 is 0 Å². The van der Waals surface area contributed by atoms with Crippen molar-refractivity contribution in [2.75, 3.05) is 0 Å². The summed E-state index contributed by atoms with van der Waals surface area (Å²) in [7, 11) is 0. The van der Waals surface area contributed by atoms with Crippen LogP contribution in [0.25, 0.3) is 0 Å². The molecule has 96 valence electrons. The Labute approximate surface area is 104 Å². The molecule has 17 heavy (non-hydrogen) atoms. The molecule has 3 atom stereocenters. The van der Waals surface area contributed by atoms with Crippen LogP contribution in [-0.4, -0.2) is 17.1 Å². The number of hydrogen-bond acceptors (Lipinski definition) is 3. The first-order chi connectivity index (χ1) is 8.19. The first-order valence-electron chi connectivity index (χ1n) is 6.50. The lowest BCUT2D eigenvalue weighted by atomic mass is 10.0. The summed E-state index contributed by atoms with van der Waals surface area (Å²) in [5.41, 5.74) is 7.27. The van der Waals surface area contributed by atoms with E-state index in [4.69, 9.17) is 10.5 Å². The van der Waals surface area contributed by atoms with Gasteiger partial charge in [-0.3, -0.25) is 4.98 Å². The molecular weight excluding hydrogens is 212 g/mol. The van der Waals surface area contributed by atoms with Crippen molar-refractivity contribution < 1.29 is 4.74 Å². The SMILES string of the molecule is CCCC(C)OC(c1ccncc1)C(N)CC. The third kappa shape index (κ3) is 4.44. The van der Waals surface area contributed by atoms with Gasteiger partial charge in [-0.2, -0.15) is 0 Å². The predicted octanol–water partition coefficient (Wildman–Crippen LogP) is 3.07. The summed E-state index contributed by atoms with van der Waals surface area (Å²) in [6, 6.07) is 4.01. The molecule has 0 radical (unpaired) electrons. The Bertz CT molecular complexity index is 302. The summed E-state index contributed by atoms with van der Waals surface area (Å²) in [5.74, 6) is 0. The number of nitrogens with two attached hydrogens (primary N) is 1. The van der Waals surface area contributed by atoms with Crippen molar-refractivity contribution in [3.63, 3.8) is 0 Å². The summed E-state index contributed by atoms with van der Waals surface area (Å²) in [5, 5.41) is 0. The Morgan fingerprint density at radius 3 is 2.47 bits per heavy atom. The molecule has 1 rings (SSSR count). The predicted molar refractivity (Wildman–Crippen MR) is 70.7 cm³/mol. The van der Waals surface area contributed by atoms with Gasteiger partial charge in [0.2, 0.25) is 0 Å². The molecule has 0 amide bonds. The maximum atomic E-state index is 6.15. The van der Waals surface area contributed by atoms with Crippen LogP contribution in [0.15, 0.2) is 24.5 Å². The van der Waals surface area contributed by atoms with Gasteiger partial charge in [-0.15, -0.1) is 0 Å². The van der Waals surface area contributed by atoms with E-state index in [0.29, 0.717) is 0 Å². The Morgan fingerprint density at radius 2 is 1.94 bits per heavy atom. The summed E-state index contributed by atoms with van der Waals surface area (Å²) >= 11 is 0. The van der Waals surface area contributed by atoms with E-state index in [0.717, 1.165) is 24.8 Å². The zero-order valence-electron chi connectivity index (χ0n) is 11.1. The first kappa shape index (κ1) is 14.1. The maximum Gasteiger partial charge on any atom is 0.0980 e. The monoisotopic (exact) mass is 236 g/mol. The summed E-state index contributed by atoms with van der Waals surface area (Å²) < 4.78 is 6.08. The Kier molecular flexibility index (Phi) is 6.16. The van der Waals surface area contributed by atoms with Gasteiger partial charge in [-0.1, -0.05) is 20.3 Å². The standard InChI is InChI=1S/C14H24N2O/c1-4-6-11(3)17-14(13(15)5-2)12-7-9-16-10-8-12/h7-11,13-14H,4-6,15H2,1-3H3. The molecule has 0 aliphatic heterocycles. The van der Waals surface area contributed by atoms with E-state index < -0.39 is 0 Å². The second kappa shape index (κ2) is 7.41. The van der Waals surface area contributed by atoms with E-state index in [2.05, 4.69) is 25.8 Å². The van der Waals surface area contributed by atoms with Crippen LogP contribution in [0.5, 0.6) is 0 Å². The highest BCUT2D eigenvalue weighted by atomic mass is 16.5. The number of hydrogen-bond donors (Lipinski definition) is 1. The molecule has 0 aromatic carbocycles. The van der Waals surface area contributed by atoms with Gasteiger partial charge in [0.1, 0.15) is 0 Å². The van der Waals surface area contributed by atoms with Crippen LogP contribution in [0.4, 0.5) is 0 Å². The van der Waals surface area contributed by atoms with Crippen LogP contribution in [0, 0.1) is 0 Å². The minimum absolute atomic E-state index is 0.0236. The summed E-state index contributed by atoms with van der Waals surface area (Å²) in [4.78, 5) is 4.03. The number of nitrogens with zero attached hydrogens (tertiary/aromatic N) is 1. The number of aromatic nitrogens is 1. The Morgan fingerprint density at radius 1 is 1.29 bits per heavy atom. The molecule has 3 heteroatoms. The fraction of sp³-hybridized carbons (Fsp3) is 0.643. The largest absolute Gasteiger partial charge is 0.369 e. The second-order valence-corrected chi connectivity index (χ2v) is 4.51. The Hall–Kier alpha value is -0.930. The van der Waals surface area contributed by atoms with E-state index in [1.807, 2.05) is 12.1 Å². The van der Waals surface area contributed by atoms with Gasteiger partial charge in [0, 0.05) is 18.4 Å². The average molecular weight is 236 g/mol. The zero-order valence-corrected chi connectivity index (χ0v) is 11.1. The van der Waals surface area contributed by atoms with Gasteiger partial charge in [-0.25, -0.2) is 0 Å². The molecule has 0 aliphatic carbocycles. The third-order valence-corrected chi connectivity index (χ3v) is 2.97. The topological polar surface area (TPSA) is 48.1 Å². The highest BCUT2D eigenvalue weighted by Gasteiger charge is 2.21. The molecule has 0 fully saturated rings. The van der Waals surface area contributed by atoms with Crippen LogP contribution in [0.1, 0.15) is 51.7 Å². The van der Waals surface area contributed by atoms with Crippen LogP contribution < -0.4 is 5.73 Å². The van der Waals surface area contributed by atoms with Gasteiger partial charge in [0.05, 0.1) is 12.2 Å². The second-order valence-electron chi connectivity index (χ2n) is 4.51. The summed E-state index contributed by atoms with van der Waals surface area (Å²) in [6.45, 7) is 6.37. The van der Waals surface area contributed by atoms with Gasteiger partial charge in [0.25, 0.3) is 0 Å². The minimum atomic E-state index is -0.0236. The van der Waals surface area contributed by atoms with Crippen LogP contribution in [-0.2, 0) is 4.74 Å². The molecule has 0 saturated heterocycles. The van der Waals surface area contributed by atoms with E-state index in [1.54, 1.807) is 12.4 Å². The smallest absolute Gasteiger partial charge is 0.0980 e. The fourth-order valence-corrected chi connectivity index (χ4v) is 1.92. The van der Waals surface area contributed by atoms with E-state index in [9.17, 15) is 0 Å². The molecule has 3 unspecified atom stereocenters. The molecule has 1 heterocycles. The fourth-order valence-electron chi connectivity index (χ4n) is 1.92. The van der Waals surface area contributed by atoms with E-state index in [1.165, 1.54) is 0 Å². The molecule has 0 aliphatic rings. The molecule has 1 aromatic rings. The third-order valence-electron chi connectivity index (χ3n) is 2.97. The maximum absolute atomic E-state index is 6.15. The minimum Gasteiger partial charge on any atom is -0.369 e. The van der Waals surface area contributed by atoms with Crippen molar-refractivity contribution >= 4 is 0 Å². The number of pyridine rings is 1. The summed E-state index contributed by atoms with van der Waals surface area (Å²) in [6.07, 6.45) is 6.91. The van der Waals surface area contributed by atoms with Crippen molar-refractivity contribution in [3.8, 4) is 0 Å². The molecule has 3 nitrogen and oxygen atoms in total. The highest BCUT2D eigenvalue weighted by Crippen LogP contribution is 2.24. The van der Waals surface area contributed by atoms with Gasteiger partial charge < -0.3 is 10.5 Å². The molecule has 0 spiro atoms. The molecule has 1 aromatic heterocycles. The van der Waals surface area contributed by atoms with Crippen molar-refractivity contribution in [2.24, 2.45) is 5.73 Å². The molecule has 0 saturated carbocycles. The van der Waals surface area contributed by atoms with Crippen LogP contribution in [0.3, 0.4) is 0 Å². The first-order valence-corrected chi connectivity index (χ1v) is 6.50. The zero-order chi connectivity index (χ0) is 12.7. The quantitative estimate of drug-likeness (QED) is 0.791. The lowest BCUT2D eigenvalue weighted by Crippen LogP contribution is -2.31. The lowest BCUT2D eigenvalue weighted by molar-refractivity contribution is -0.0222. The van der Waals surface area contributed by atoms with Gasteiger partial charge in [-0.05, 0) is 37.5 Å². The molecular formula is C14H24N2O. The number of rotatable bonds is 7. The number of ether oxygens (including phenoxy) is 1. The molecule has 2 N–H and O–H groups in total. The van der Waals surface area contributed by atoms with Gasteiger partial charge in [0.15, 0.2) is 0 Å².